The van der Waals surface area contributed by atoms with Gasteiger partial charge in [-0.25, -0.2) is 0 Å². The molecule has 0 spiro atoms. The molecule has 0 aliphatic heterocycles. The lowest BCUT2D eigenvalue weighted by Crippen LogP contribution is -2.45. The number of aliphatic hydroxyl groups excluding tert-OH is 2. The second-order valence-electron chi connectivity index (χ2n) is 19.0. The van der Waals surface area contributed by atoms with Gasteiger partial charge in [0, 0.05) is 6.42 Å². The van der Waals surface area contributed by atoms with Gasteiger partial charge in [-0.05, 0) is 57.8 Å². The largest absolute Gasteiger partial charge is 0.394 e. The summed E-state index contributed by atoms with van der Waals surface area (Å²) in [7, 11) is 0. The van der Waals surface area contributed by atoms with E-state index in [4.69, 9.17) is 0 Å². The first kappa shape index (κ1) is 61.1. The van der Waals surface area contributed by atoms with Gasteiger partial charge in [-0.3, -0.25) is 4.79 Å². The van der Waals surface area contributed by atoms with Gasteiger partial charge in [0.05, 0.1) is 18.8 Å². The second kappa shape index (κ2) is 54.4. The van der Waals surface area contributed by atoms with Crippen molar-refractivity contribution in [3.63, 3.8) is 0 Å². The van der Waals surface area contributed by atoms with Crippen LogP contribution in [0.3, 0.4) is 0 Å². The predicted octanol–water partition coefficient (Wildman–Crippen LogP) is 18.4. The smallest absolute Gasteiger partial charge is 0.220 e. The first-order chi connectivity index (χ1) is 31.2. The van der Waals surface area contributed by atoms with Gasteiger partial charge in [-0.2, -0.15) is 0 Å². The van der Waals surface area contributed by atoms with Gasteiger partial charge in [0.2, 0.25) is 5.91 Å². The Hall–Kier alpha value is -1.91. The third-order valence-electron chi connectivity index (χ3n) is 12.8. The van der Waals surface area contributed by atoms with E-state index in [1.54, 1.807) is 6.08 Å². The fourth-order valence-corrected chi connectivity index (χ4v) is 8.53. The lowest BCUT2D eigenvalue weighted by molar-refractivity contribution is -0.123. The molecule has 368 valence electrons. The van der Waals surface area contributed by atoms with E-state index in [9.17, 15) is 15.0 Å². The second-order valence-corrected chi connectivity index (χ2v) is 19.0. The van der Waals surface area contributed by atoms with Crippen LogP contribution in [0.4, 0.5) is 0 Å². The Morgan fingerprint density at radius 3 is 1.05 bits per heavy atom. The van der Waals surface area contributed by atoms with Crippen molar-refractivity contribution >= 4 is 5.91 Å². The third kappa shape index (κ3) is 50.9. The number of carbonyl (C=O) groups is 1. The molecule has 2 unspecified atom stereocenters. The summed E-state index contributed by atoms with van der Waals surface area (Å²) >= 11 is 0. The third-order valence-corrected chi connectivity index (χ3v) is 12.8. The van der Waals surface area contributed by atoms with E-state index < -0.39 is 12.1 Å². The molecule has 2 atom stereocenters. The van der Waals surface area contributed by atoms with Gasteiger partial charge in [0.25, 0.3) is 0 Å². The number of hydrogen-bond donors (Lipinski definition) is 3. The Morgan fingerprint density at radius 1 is 0.397 bits per heavy atom. The maximum absolute atomic E-state index is 12.5. The Morgan fingerprint density at radius 2 is 0.698 bits per heavy atom. The highest BCUT2D eigenvalue weighted by Crippen LogP contribution is 2.17. The summed E-state index contributed by atoms with van der Waals surface area (Å²) in [6.45, 7) is 4.22. The average Bonchev–Trinajstić information content (AvgIpc) is 3.29. The van der Waals surface area contributed by atoms with E-state index in [0.29, 0.717) is 6.42 Å². The van der Waals surface area contributed by atoms with Crippen LogP contribution in [0.1, 0.15) is 290 Å². The molecular weight excluding hydrogens is 771 g/mol. The van der Waals surface area contributed by atoms with Crippen molar-refractivity contribution in [2.45, 2.75) is 302 Å². The van der Waals surface area contributed by atoms with E-state index in [-0.39, 0.29) is 12.5 Å². The highest BCUT2D eigenvalue weighted by Gasteiger charge is 2.18. The van der Waals surface area contributed by atoms with E-state index in [0.717, 1.165) is 51.4 Å². The molecule has 0 saturated heterocycles. The molecule has 0 aliphatic rings. The molecule has 0 radical (unpaired) electrons. The van der Waals surface area contributed by atoms with Crippen molar-refractivity contribution in [2.24, 2.45) is 0 Å². The van der Waals surface area contributed by atoms with Gasteiger partial charge >= 0.3 is 0 Å². The molecule has 0 aliphatic carbocycles. The normalized spacial score (nSPS) is 13.3. The molecule has 0 aromatic heterocycles. The summed E-state index contributed by atoms with van der Waals surface area (Å²) in [5, 5.41) is 23.2. The number of amides is 1. The number of rotatable bonds is 51. The molecule has 0 saturated carbocycles. The zero-order valence-electron chi connectivity index (χ0n) is 42.3. The lowest BCUT2D eigenvalue weighted by Gasteiger charge is -2.20. The number of aliphatic hydroxyl groups is 2. The molecule has 1 amide bonds. The minimum Gasteiger partial charge on any atom is -0.394 e. The first-order valence-electron chi connectivity index (χ1n) is 28.0. The standard InChI is InChI=1S/C59H109NO3/c1-3-5-7-9-11-13-15-17-19-21-23-25-27-29-31-32-34-36-38-40-42-44-46-48-50-52-54-58(62)57(56-61)60-59(63)55-53-51-49-47-45-43-41-39-37-35-33-30-28-26-24-22-20-18-16-14-12-10-8-6-4-2/h6,8,12,14,18,20,24,26,52,54,57-58,61-62H,3-5,7,9-11,13,15-17,19,21-23,25,27-51,53,55-56H2,1-2H3,(H,60,63)/b8-6-,14-12-,20-18-,26-24-,54-52+. The molecule has 3 N–H and O–H groups in total. The summed E-state index contributed by atoms with van der Waals surface area (Å²) in [4.78, 5) is 12.5. The van der Waals surface area contributed by atoms with E-state index in [1.165, 1.54) is 218 Å². The minimum absolute atomic E-state index is 0.0648. The molecule has 0 aromatic carbocycles. The Kier molecular flexibility index (Phi) is 52.8. The quantitative estimate of drug-likeness (QED) is 0.0421. The summed E-state index contributed by atoms with van der Waals surface area (Å²) in [6, 6.07) is -0.626. The SMILES string of the molecule is CC/C=C\C/C=C\C/C=C\C/C=C\CCCCCCCCCCCCCCC(=O)NC(CO)C(O)/C=C/CCCCCCCCCCCCCCCCCCCCCCCCCC. The number of hydrogen-bond acceptors (Lipinski definition) is 3. The summed E-state index contributed by atoms with van der Waals surface area (Å²) in [6.07, 6.45) is 76.6. The molecule has 0 bridgehead atoms. The van der Waals surface area contributed by atoms with Crippen molar-refractivity contribution in [1.82, 2.24) is 5.32 Å². The Bertz CT molecular complexity index is 1040. The van der Waals surface area contributed by atoms with Crippen LogP contribution in [0.25, 0.3) is 0 Å². The fraction of sp³-hybridized carbons (Fsp3) is 0.814. The first-order valence-corrected chi connectivity index (χ1v) is 28.0. The van der Waals surface area contributed by atoms with Crippen LogP contribution < -0.4 is 5.32 Å². The lowest BCUT2D eigenvalue weighted by atomic mass is 10.0. The molecule has 0 fully saturated rings. The zero-order chi connectivity index (χ0) is 45.6. The molecule has 0 aromatic rings. The van der Waals surface area contributed by atoms with Crippen molar-refractivity contribution < 1.29 is 15.0 Å². The Labute approximate surface area is 394 Å². The van der Waals surface area contributed by atoms with E-state index in [2.05, 4.69) is 67.8 Å². The van der Waals surface area contributed by atoms with Crippen LogP contribution in [-0.4, -0.2) is 34.9 Å². The summed E-state index contributed by atoms with van der Waals surface area (Å²) in [5.41, 5.74) is 0. The van der Waals surface area contributed by atoms with Crippen LogP contribution in [0.15, 0.2) is 60.8 Å². The van der Waals surface area contributed by atoms with Crippen LogP contribution in [-0.2, 0) is 4.79 Å². The molecule has 0 heterocycles. The van der Waals surface area contributed by atoms with Gasteiger partial charge in [0.1, 0.15) is 0 Å². The predicted molar refractivity (Wildman–Crippen MR) is 281 cm³/mol. The maximum Gasteiger partial charge on any atom is 0.220 e. The van der Waals surface area contributed by atoms with Gasteiger partial charge in [-0.1, -0.05) is 286 Å². The van der Waals surface area contributed by atoms with Crippen LogP contribution >= 0.6 is 0 Å². The summed E-state index contributed by atoms with van der Waals surface area (Å²) in [5.74, 6) is -0.0648. The van der Waals surface area contributed by atoms with Gasteiger partial charge in [-0.15, -0.1) is 0 Å². The fourth-order valence-electron chi connectivity index (χ4n) is 8.53. The van der Waals surface area contributed by atoms with E-state index >= 15 is 0 Å². The number of allylic oxidation sites excluding steroid dienone is 9. The van der Waals surface area contributed by atoms with Crippen molar-refractivity contribution in [1.29, 1.82) is 0 Å². The highest BCUT2D eigenvalue weighted by molar-refractivity contribution is 5.76. The number of carbonyl (C=O) groups excluding carboxylic acids is 1. The molecule has 0 rings (SSSR count). The van der Waals surface area contributed by atoms with E-state index in [1.807, 2.05) is 6.08 Å². The van der Waals surface area contributed by atoms with Gasteiger partial charge < -0.3 is 15.5 Å². The van der Waals surface area contributed by atoms with Gasteiger partial charge in [0.15, 0.2) is 0 Å². The van der Waals surface area contributed by atoms with Crippen LogP contribution in [0.2, 0.25) is 0 Å². The zero-order valence-corrected chi connectivity index (χ0v) is 42.3. The average molecular weight is 881 g/mol. The molecule has 63 heavy (non-hydrogen) atoms. The van der Waals surface area contributed by atoms with Crippen molar-refractivity contribution in [3.05, 3.63) is 60.8 Å². The maximum atomic E-state index is 12.5. The number of nitrogens with one attached hydrogen (secondary N) is 1. The van der Waals surface area contributed by atoms with Crippen molar-refractivity contribution in [2.75, 3.05) is 6.61 Å². The van der Waals surface area contributed by atoms with Crippen LogP contribution in [0.5, 0.6) is 0 Å². The van der Waals surface area contributed by atoms with Crippen LogP contribution in [0, 0.1) is 0 Å². The molecule has 4 nitrogen and oxygen atoms in total. The molecule has 4 heteroatoms. The summed E-state index contributed by atoms with van der Waals surface area (Å²) < 4.78 is 0. The Balaban J connectivity index is 3.50. The molecular formula is C59H109NO3. The van der Waals surface area contributed by atoms with Crippen molar-refractivity contribution in [3.8, 4) is 0 Å². The number of unbranched alkanes of at least 4 members (excludes halogenated alkanes) is 36. The monoisotopic (exact) mass is 880 g/mol. The highest BCUT2D eigenvalue weighted by atomic mass is 16.3. The minimum atomic E-state index is -0.843. The topological polar surface area (TPSA) is 69.6 Å².